The summed E-state index contributed by atoms with van der Waals surface area (Å²) in [6.45, 7) is 0.605. The molecule has 2 heteroatoms. The lowest BCUT2D eigenvalue weighted by atomic mass is 9.80. The molecule has 0 radical (unpaired) electrons. The molecule has 124 valence electrons. The molecule has 3 aromatic rings. The zero-order chi connectivity index (χ0) is 16.7. The molecule has 1 fully saturated rings. The highest BCUT2D eigenvalue weighted by molar-refractivity contribution is 5.46. The van der Waals surface area contributed by atoms with Crippen LogP contribution in [0.15, 0.2) is 78.9 Å². The van der Waals surface area contributed by atoms with Crippen LogP contribution >= 0.6 is 0 Å². The molecule has 2 nitrogen and oxygen atoms in total. The molecule has 0 unspecified atom stereocenters. The molecule has 1 saturated heterocycles. The van der Waals surface area contributed by atoms with E-state index in [-0.39, 0.29) is 11.7 Å². The molecule has 0 amide bonds. The lowest BCUT2D eigenvalue weighted by molar-refractivity contribution is 0.288. The van der Waals surface area contributed by atoms with E-state index in [0.29, 0.717) is 6.61 Å². The van der Waals surface area contributed by atoms with Gasteiger partial charge >= 0.3 is 0 Å². The second kappa shape index (κ2) is 5.75. The maximum absolute atomic E-state index is 6.21. The molecular formula is C23H20O2. The summed E-state index contributed by atoms with van der Waals surface area (Å²) >= 11 is 0. The number of rotatable bonds is 4. The van der Waals surface area contributed by atoms with E-state index in [9.17, 15) is 0 Å². The summed E-state index contributed by atoms with van der Waals surface area (Å²) in [5, 5.41) is 0. The molecule has 5 rings (SSSR count). The number of hydrogen-bond donors (Lipinski definition) is 0. The lowest BCUT2D eigenvalue weighted by Gasteiger charge is -2.21. The molecule has 25 heavy (non-hydrogen) atoms. The van der Waals surface area contributed by atoms with Crippen LogP contribution in [0.25, 0.3) is 0 Å². The fraction of sp³-hybridized carbons (Fsp3) is 0.217. The van der Waals surface area contributed by atoms with Gasteiger partial charge in [-0.25, -0.2) is 0 Å². The summed E-state index contributed by atoms with van der Waals surface area (Å²) in [5.41, 5.74) is 5.08. The fourth-order valence-corrected chi connectivity index (χ4v) is 3.97. The highest BCUT2D eigenvalue weighted by Crippen LogP contribution is 2.63. The van der Waals surface area contributed by atoms with Gasteiger partial charge in [-0.1, -0.05) is 66.7 Å². The zero-order valence-electron chi connectivity index (χ0n) is 14.0. The first-order chi connectivity index (χ1) is 12.4. The Morgan fingerprint density at radius 2 is 1.68 bits per heavy atom. The van der Waals surface area contributed by atoms with Crippen LogP contribution in [-0.4, -0.2) is 0 Å². The molecule has 0 spiro atoms. The molecule has 0 bridgehead atoms. The minimum atomic E-state index is -0.0966. The minimum absolute atomic E-state index is 0.0966. The molecule has 0 aromatic heterocycles. The van der Waals surface area contributed by atoms with Gasteiger partial charge in [-0.05, 0) is 47.2 Å². The van der Waals surface area contributed by atoms with E-state index in [2.05, 4.69) is 60.7 Å². The lowest BCUT2D eigenvalue weighted by Crippen LogP contribution is -2.17. The Morgan fingerprint density at radius 1 is 0.920 bits per heavy atom. The molecule has 0 N–H and O–H groups in total. The van der Waals surface area contributed by atoms with E-state index in [0.717, 1.165) is 18.6 Å². The topological polar surface area (TPSA) is 21.8 Å². The Labute approximate surface area is 148 Å². The number of ether oxygens (including phenoxy) is 2. The quantitative estimate of drug-likeness (QED) is 0.616. The number of benzene rings is 3. The second-order valence-electron chi connectivity index (χ2n) is 6.89. The second-order valence-corrected chi connectivity index (χ2v) is 6.89. The van der Waals surface area contributed by atoms with E-state index in [1.54, 1.807) is 0 Å². The largest absolute Gasteiger partial charge is 0.489 e. The van der Waals surface area contributed by atoms with Crippen molar-refractivity contribution in [2.75, 3.05) is 0 Å². The average Bonchev–Trinajstić information content (AvgIpc) is 3.44. The summed E-state index contributed by atoms with van der Waals surface area (Å²) in [6.07, 6.45) is 2.27. The molecule has 1 heterocycles. The third-order valence-corrected chi connectivity index (χ3v) is 5.37. The first-order valence-electron chi connectivity index (χ1n) is 8.88. The molecule has 2 aliphatic rings. The van der Waals surface area contributed by atoms with Crippen LogP contribution in [0.1, 0.15) is 34.8 Å². The van der Waals surface area contributed by atoms with Gasteiger partial charge in [-0.15, -0.1) is 0 Å². The van der Waals surface area contributed by atoms with E-state index >= 15 is 0 Å². The summed E-state index contributed by atoms with van der Waals surface area (Å²) in [7, 11) is 0. The van der Waals surface area contributed by atoms with Gasteiger partial charge in [0.25, 0.3) is 0 Å². The Kier molecular flexibility index (Phi) is 3.39. The summed E-state index contributed by atoms with van der Waals surface area (Å²) in [4.78, 5) is 0. The standard InChI is InChI=1S/C23H20O2/c1-3-7-17(8-4-1)16-24-20-11-12-21-18(15-20)13-14-23(22(21)25-23)19-9-5-2-6-10-19/h1-12,15,22H,13-14,16H2/t22-,23-/m1/s1. The fourth-order valence-electron chi connectivity index (χ4n) is 3.97. The van der Waals surface area contributed by atoms with E-state index in [1.165, 1.54) is 22.3 Å². The van der Waals surface area contributed by atoms with Crippen LogP contribution < -0.4 is 4.74 Å². The Balaban J connectivity index is 1.35. The van der Waals surface area contributed by atoms with Gasteiger partial charge in [0.05, 0.1) is 0 Å². The van der Waals surface area contributed by atoms with Crippen LogP contribution in [0, 0.1) is 0 Å². The number of fused-ring (bicyclic) bond motifs is 3. The summed E-state index contributed by atoms with van der Waals surface area (Å²) in [5.74, 6) is 0.940. The van der Waals surface area contributed by atoms with Crippen LogP contribution in [0.4, 0.5) is 0 Å². The van der Waals surface area contributed by atoms with Gasteiger partial charge in [0.1, 0.15) is 24.1 Å². The van der Waals surface area contributed by atoms with Gasteiger partial charge in [-0.2, -0.15) is 0 Å². The normalized spacial score (nSPS) is 23.4. The van der Waals surface area contributed by atoms with E-state index in [4.69, 9.17) is 9.47 Å². The van der Waals surface area contributed by atoms with Gasteiger partial charge in [0, 0.05) is 0 Å². The van der Waals surface area contributed by atoms with E-state index in [1.807, 2.05) is 18.2 Å². The zero-order valence-corrected chi connectivity index (χ0v) is 14.0. The van der Waals surface area contributed by atoms with Crippen molar-refractivity contribution in [1.82, 2.24) is 0 Å². The maximum Gasteiger partial charge on any atom is 0.125 e. The number of hydrogen-bond acceptors (Lipinski definition) is 2. The SMILES string of the molecule is c1ccc(COc2ccc3c(c2)CC[C@]2(c4ccccc4)O[C@H]32)cc1. The minimum Gasteiger partial charge on any atom is -0.489 e. The van der Waals surface area contributed by atoms with Crippen LogP contribution in [0.2, 0.25) is 0 Å². The van der Waals surface area contributed by atoms with Crippen molar-refractivity contribution in [3.8, 4) is 5.75 Å². The van der Waals surface area contributed by atoms with E-state index < -0.39 is 0 Å². The maximum atomic E-state index is 6.21. The van der Waals surface area contributed by atoms with Crippen molar-refractivity contribution in [3.05, 3.63) is 101 Å². The van der Waals surface area contributed by atoms with Gasteiger partial charge < -0.3 is 9.47 Å². The highest BCUT2D eigenvalue weighted by Gasteiger charge is 2.60. The molecular weight excluding hydrogens is 308 g/mol. The van der Waals surface area contributed by atoms with Crippen molar-refractivity contribution >= 4 is 0 Å². The smallest absolute Gasteiger partial charge is 0.125 e. The molecule has 3 aromatic carbocycles. The van der Waals surface area contributed by atoms with Crippen molar-refractivity contribution in [1.29, 1.82) is 0 Å². The summed E-state index contributed by atoms with van der Waals surface area (Å²) < 4.78 is 12.2. The Morgan fingerprint density at radius 3 is 2.48 bits per heavy atom. The van der Waals surface area contributed by atoms with Crippen molar-refractivity contribution in [2.45, 2.75) is 31.2 Å². The third kappa shape index (κ3) is 2.54. The van der Waals surface area contributed by atoms with Gasteiger partial charge in [0.2, 0.25) is 0 Å². The van der Waals surface area contributed by atoms with Crippen molar-refractivity contribution in [3.63, 3.8) is 0 Å². The Bertz CT molecular complexity index is 888. The molecule has 2 atom stereocenters. The first-order valence-corrected chi connectivity index (χ1v) is 8.88. The Hall–Kier alpha value is -2.58. The average molecular weight is 328 g/mol. The molecule has 1 aliphatic heterocycles. The van der Waals surface area contributed by atoms with Crippen molar-refractivity contribution in [2.24, 2.45) is 0 Å². The number of aryl methyl sites for hydroxylation is 1. The van der Waals surface area contributed by atoms with Gasteiger partial charge in [0.15, 0.2) is 0 Å². The van der Waals surface area contributed by atoms with Crippen LogP contribution in [-0.2, 0) is 23.4 Å². The predicted molar refractivity (Wildman–Crippen MR) is 97.5 cm³/mol. The first kappa shape index (κ1) is 14.7. The highest BCUT2D eigenvalue weighted by atomic mass is 16.6. The van der Waals surface area contributed by atoms with Crippen LogP contribution in [0.3, 0.4) is 0 Å². The third-order valence-electron chi connectivity index (χ3n) is 5.37. The number of epoxide rings is 1. The summed E-state index contributed by atoms with van der Waals surface area (Å²) in [6, 6.07) is 27.3. The predicted octanol–water partition coefficient (Wildman–Crippen LogP) is 5.18. The molecule has 1 aliphatic carbocycles. The monoisotopic (exact) mass is 328 g/mol. The van der Waals surface area contributed by atoms with Crippen LogP contribution in [0.5, 0.6) is 5.75 Å². The molecule has 0 saturated carbocycles. The van der Waals surface area contributed by atoms with Crippen molar-refractivity contribution < 1.29 is 9.47 Å². The van der Waals surface area contributed by atoms with Gasteiger partial charge in [-0.3, -0.25) is 0 Å².